The first-order chi connectivity index (χ1) is 7.27. The average Bonchev–Trinajstić information content (AvgIpc) is 2.68. The van der Waals surface area contributed by atoms with E-state index >= 15 is 0 Å². The van der Waals surface area contributed by atoms with Crippen molar-refractivity contribution in [3.8, 4) is 11.5 Å². The van der Waals surface area contributed by atoms with E-state index in [4.69, 9.17) is 9.47 Å². The van der Waals surface area contributed by atoms with Crippen molar-refractivity contribution in [1.82, 2.24) is 5.32 Å². The van der Waals surface area contributed by atoms with Crippen LogP contribution in [0.1, 0.15) is 18.1 Å². The van der Waals surface area contributed by atoms with Gasteiger partial charge >= 0.3 is 0 Å². The van der Waals surface area contributed by atoms with Crippen LogP contribution in [0.25, 0.3) is 0 Å². The van der Waals surface area contributed by atoms with Gasteiger partial charge in [-0.25, -0.2) is 0 Å². The van der Waals surface area contributed by atoms with E-state index in [1.54, 1.807) is 0 Å². The van der Waals surface area contributed by atoms with Crippen LogP contribution < -0.4 is 14.8 Å². The van der Waals surface area contributed by atoms with Crippen LogP contribution in [-0.2, 0) is 13.0 Å². The minimum atomic E-state index is 0.323. The number of hydrogen-bond donors (Lipinski definition) is 1. The smallest absolute Gasteiger partial charge is 0.231 e. The standard InChI is InChI=1S/C11H14BrNO2/c1-3-8-7(5-13-2)4-9(12)11-10(8)14-6-15-11/h4,13H,3,5-6H2,1-2H3. The number of halogens is 1. The fourth-order valence-corrected chi connectivity index (χ4v) is 2.44. The van der Waals surface area contributed by atoms with Gasteiger partial charge in [-0.2, -0.15) is 0 Å². The lowest BCUT2D eigenvalue weighted by Gasteiger charge is -2.11. The van der Waals surface area contributed by atoms with E-state index in [1.807, 2.05) is 7.05 Å². The molecule has 4 heteroatoms. The van der Waals surface area contributed by atoms with E-state index < -0.39 is 0 Å². The van der Waals surface area contributed by atoms with Gasteiger partial charge in [-0.1, -0.05) is 6.92 Å². The van der Waals surface area contributed by atoms with Crippen LogP contribution in [0.3, 0.4) is 0 Å². The molecule has 0 atom stereocenters. The molecule has 0 spiro atoms. The summed E-state index contributed by atoms with van der Waals surface area (Å²) in [5.41, 5.74) is 2.50. The molecule has 0 amide bonds. The molecule has 1 aromatic rings. The Hall–Kier alpha value is -0.740. The first-order valence-corrected chi connectivity index (χ1v) is 5.81. The summed E-state index contributed by atoms with van der Waals surface area (Å²) in [6.45, 7) is 3.30. The maximum atomic E-state index is 5.51. The SMILES string of the molecule is CCc1c(CNC)cc(Br)c2c1OCO2. The largest absolute Gasteiger partial charge is 0.453 e. The summed E-state index contributed by atoms with van der Waals surface area (Å²) in [5.74, 6) is 1.74. The Morgan fingerprint density at radius 2 is 2.13 bits per heavy atom. The van der Waals surface area contributed by atoms with Crippen molar-refractivity contribution in [2.24, 2.45) is 0 Å². The van der Waals surface area contributed by atoms with Crippen molar-refractivity contribution in [1.29, 1.82) is 0 Å². The molecule has 1 heterocycles. The zero-order chi connectivity index (χ0) is 10.8. The van der Waals surface area contributed by atoms with Crippen LogP contribution in [0.15, 0.2) is 10.5 Å². The van der Waals surface area contributed by atoms with Gasteiger partial charge < -0.3 is 14.8 Å². The summed E-state index contributed by atoms with van der Waals surface area (Å²) in [7, 11) is 1.94. The third kappa shape index (κ3) is 1.84. The zero-order valence-corrected chi connectivity index (χ0v) is 10.5. The Morgan fingerprint density at radius 1 is 1.40 bits per heavy atom. The molecule has 0 bridgehead atoms. The van der Waals surface area contributed by atoms with E-state index in [0.717, 1.165) is 28.9 Å². The lowest BCUT2D eigenvalue weighted by Crippen LogP contribution is -2.08. The predicted octanol–water partition coefficient (Wildman–Crippen LogP) is 2.46. The Labute approximate surface area is 97.9 Å². The highest BCUT2D eigenvalue weighted by Crippen LogP contribution is 2.43. The minimum absolute atomic E-state index is 0.323. The molecular formula is C11H14BrNO2. The third-order valence-corrected chi connectivity index (χ3v) is 3.10. The number of nitrogens with one attached hydrogen (secondary N) is 1. The van der Waals surface area contributed by atoms with Crippen LogP contribution in [0.4, 0.5) is 0 Å². The molecule has 3 nitrogen and oxygen atoms in total. The monoisotopic (exact) mass is 271 g/mol. The summed E-state index contributed by atoms with van der Waals surface area (Å²) in [6.07, 6.45) is 0.954. The second kappa shape index (κ2) is 4.41. The Balaban J connectivity index is 2.52. The molecule has 0 aliphatic carbocycles. The molecule has 0 aromatic heterocycles. The van der Waals surface area contributed by atoms with Gasteiger partial charge in [0, 0.05) is 12.1 Å². The number of benzene rings is 1. The maximum absolute atomic E-state index is 5.51. The normalized spacial score (nSPS) is 13.3. The summed E-state index contributed by atoms with van der Waals surface area (Å²) in [6, 6.07) is 2.10. The van der Waals surface area contributed by atoms with E-state index in [9.17, 15) is 0 Å². The van der Waals surface area contributed by atoms with Gasteiger partial charge in [0.2, 0.25) is 6.79 Å². The highest BCUT2D eigenvalue weighted by Gasteiger charge is 2.22. The van der Waals surface area contributed by atoms with Gasteiger partial charge in [0.1, 0.15) is 0 Å². The molecule has 1 aliphatic heterocycles. The topological polar surface area (TPSA) is 30.5 Å². The number of hydrogen-bond acceptors (Lipinski definition) is 3. The van der Waals surface area contributed by atoms with Gasteiger partial charge in [0.25, 0.3) is 0 Å². The molecule has 0 saturated carbocycles. The zero-order valence-electron chi connectivity index (χ0n) is 8.89. The predicted molar refractivity (Wildman–Crippen MR) is 62.4 cm³/mol. The van der Waals surface area contributed by atoms with E-state index in [0.29, 0.717) is 6.79 Å². The fraction of sp³-hybridized carbons (Fsp3) is 0.455. The fourth-order valence-electron chi connectivity index (χ4n) is 1.87. The van der Waals surface area contributed by atoms with Crippen LogP contribution in [0.5, 0.6) is 11.5 Å². The lowest BCUT2D eigenvalue weighted by atomic mass is 10.0. The van der Waals surface area contributed by atoms with Crippen LogP contribution >= 0.6 is 15.9 Å². The molecule has 0 radical (unpaired) electrons. The van der Waals surface area contributed by atoms with Gasteiger partial charge in [-0.3, -0.25) is 0 Å². The molecule has 1 aliphatic rings. The summed E-state index contributed by atoms with van der Waals surface area (Å²) < 4.78 is 11.9. The molecule has 0 fully saturated rings. The molecular weight excluding hydrogens is 258 g/mol. The van der Waals surface area contributed by atoms with E-state index in [-0.39, 0.29) is 0 Å². The number of rotatable bonds is 3. The molecule has 15 heavy (non-hydrogen) atoms. The van der Waals surface area contributed by atoms with Crippen molar-refractivity contribution >= 4 is 15.9 Å². The van der Waals surface area contributed by atoms with Crippen molar-refractivity contribution in [3.63, 3.8) is 0 Å². The molecule has 0 unspecified atom stereocenters. The molecule has 2 rings (SSSR count). The lowest BCUT2D eigenvalue weighted by molar-refractivity contribution is 0.173. The van der Waals surface area contributed by atoms with Gasteiger partial charge in [-0.15, -0.1) is 0 Å². The van der Waals surface area contributed by atoms with Crippen molar-refractivity contribution in [3.05, 3.63) is 21.7 Å². The van der Waals surface area contributed by atoms with Crippen molar-refractivity contribution in [2.45, 2.75) is 19.9 Å². The molecule has 0 saturated heterocycles. The average molecular weight is 272 g/mol. The molecule has 1 N–H and O–H groups in total. The second-order valence-electron chi connectivity index (χ2n) is 3.44. The second-order valence-corrected chi connectivity index (χ2v) is 4.30. The van der Waals surface area contributed by atoms with E-state index in [1.165, 1.54) is 11.1 Å². The molecule has 82 valence electrons. The Morgan fingerprint density at radius 3 is 2.80 bits per heavy atom. The van der Waals surface area contributed by atoms with Gasteiger partial charge in [0.15, 0.2) is 11.5 Å². The summed E-state index contributed by atoms with van der Waals surface area (Å²) in [4.78, 5) is 0. The highest BCUT2D eigenvalue weighted by atomic mass is 79.9. The first kappa shape index (κ1) is 10.8. The van der Waals surface area contributed by atoms with E-state index in [2.05, 4.69) is 34.2 Å². The minimum Gasteiger partial charge on any atom is -0.453 e. The van der Waals surface area contributed by atoms with Crippen LogP contribution in [0.2, 0.25) is 0 Å². The van der Waals surface area contributed by atoms with Crippen molar-refractivity contribution < 1.29 is 9.47 Å². The maximum Gasteiger partial charge on any atom is 0.231 e. The third-order valence-electron chi connectivity index (χ3n) is 2.51. The summed E-state index contributed by atoms with van der Waals surface area (Å²) >= 11 is 3.50. The Kier molecular flexibility index (Phi) is 3.17. The van der Waals surface area contributed by atoms with Crippen LogP contribution in [0, 0.1) is 0 Å². The summed E-state index contributed by atoms with van der Waals surface area (Å²) in [5, 5.41) is 3.16. The Bertz CT molecular complexity index is 379. The number of ether oxygens (including phenoxy) is 2. The quantitative estimate of drug-likeness (QED) is 0.916. The van der Waals surface area contributed by atoms with Gasteiger partial charge in [-0.05, 0) is 41.0 Å². The first-order valence-electron chi connectivity index (χ1n) is 5.02. The van der Waals surface area contributed by atoms with Crippen LogP contribution in [-0.4, -0.2) is 13.8 Å². The number of fused-ring (bicyclic) bond motifs is 1. The van der Waals surface area contributed by atoms with Crippen molar-refractivity contribution in [2.75, 3.05) is 13.8 Å². The van der Waals surface area contributed by atoms with Gasteiger partial charge in [0.05, 0.1) is 4.47 Å². The molecule has 1 aromatic carbocycles. The highest BCUT2D eigenvalue weighted by molar-refractivity contribution is 9.10.